The largest absolute Gasteiger partial charge is 0.462 e. The molecule has 0 heterocycles. The van der Waals surface area contributed by atoms with Crippen LogP contribution in [0.15, 0.2) is 91.0 Å². The molecular formula is C25H31N2O5P. The second-order valence-corrected chi connectivity index (χ2v) is 10.4. The highest BCUT2D eigenvalue weighted by molar-refractivity contribution is 7.85. The van der Waals surface area contributed by atoms with Crippen LogP contribution in [0.2, 0.25) is 0 Å². The lowest BCUT2D eigenvalue weighted by molar-refractivity contribution is -0.269. The van der Waals surface area contributed by atoms with Crippen molar-refractivity contribution in [3.63, 3.8) is 0 Å². The molecule has 7 nitrogen and oxygen atoms in total. The van der Waals surface area contributed by atoms with Crippen LogP contribution < -0.4 is 21.5 Å². The Morgan fingerprint density at radius 3 is 1.39 bits per heavy atom. The summed E-state index contributed by atoms with van der Waals surface area (Å²) >= 11 is 0. The van der Waals surface area contributed by atoms with Gasteiger partial charge in [-0.2, -0.15) is 0 Å². The Balaban J connectivity index is 0.000000260. The van der Waals surface area contributed by atoms with Gasteiger partial charge in [0.05, 0.1) is 12.2 Å². The fourth-order valence-electron chi connectivity index (χ4n) is 2.83. The lowest BCUT2D eigenvalue weighted by Gasteiger charge is -2.21. The van der Waals surface area contributed by atoms with Crippen LogP contribution in [0.1, 0.15) is 27.7 Å². The van der Waals surface area contributed by atoms with E-state index in [9.17, 15) is 9.36 Å². The molecule has 1 amide bonds. The molecule has 0 unspecified atom stereocenters. The number of hydroxylamine groups is 1. The van der Waals surface area contributed by atoms with Crippen molar-refractivity contribution in [1.82, 2.24) is 10.8 Å². The number of hydrazine groups is 1. The van der Waals surface area contributed by atoms with Gasteiger partial charge in [-0.25, -0.2) is 9.63 Å². The van der Waals surface area contributed by atoms with Crippen molar-refractivity contribution >= 4 is 29.1 Å². The van der Waals surface area contributed by atoms with Gasteiger partial charge in [-0.05, 0) is 27.7 Å². The van der Waals surface area contributed by atoms with Crippen LogP contribution in [0.4, 0.5) is 4.79 Å². The molecule has 0 saturated carbocycles. The smallest absolute Gasteiger partial charge is 0.448 e. The fourth-order valence-corrected chi connectivity index (χ4v) is 5.50. The van der Waals surface area contributed by atoms with Gasteiger partial charge in [0.15, 0.2) is 7.14 Å². The number of nitrogens with zero attached hydrogens (tertiary/aromatic N) is 1. The minimum atomic E-state index is -2.78. The van der Waals surface area contributed by atoms with Crippen LogP contribution in [0.25, 0.3) is 0 Å². The zero-order valence-corrected chi connectivity index (χ0v) is 20.2. The first-order valence-electron chi connectivity index (χ1n) is 10.6. The Hall–Kier alpha value is -2.96. The number of hydrogen-bond donors (Lipinski definition) is 2. The summed E-state index contributed by atoms with van der Waals surface area (Å²) in [5.74, 6) is 0. The first kappa shape index (κ1) is 26.3. The number of carbonyl (C=O) groups is 1. The van der Waals surface area contributed by atoms with Gasteiger partial charge in [0.2, 0.25) is 0 Å². The van der Waals surface area contributed by atoms with Crippen molar-refractivity contribution in [2.75, 3.05) is 0 Å². The lowest BCUT2D eigenvalue weighted by atomic mass is 10.4. The van der Waals surface area contributed by atoms with E-state index < -0.39 is 13.2 Å². The van der Waals surface area contributed by atoms with Gasteiger partial charge in [0.25, 0.3) is 0 Å². The maximum Gasteiger partial charge on any atom is 0.448 e. The Morgan fingerprint density at radius 2 is 1.12 bits per heavy atom. The zero-order chi connectivity index (χ0) is 24.3. The Kier molecular flexibility index (Phi) is 10.3. The van der Waals surface area contributed by atoms with Gasteiger partial charge in [-0.1, -0.05) is 102 Å². The highest BCUT2D eigenvalue weighted by Gasteiger charge is 2.28. The number of hydrogen-bond acceptors (Lipinski definition) is 5. The Bertz CT molecular complexity index is 911. The molecule has 3 aromatic rings. The van der Waals surface area contributed by atoms with Crippen LogP contribution in [-0.2, 0) is 14.2 Å². The maximum absolute atomic E-state index is 13.8. The SMILES string of the molecule is CC(C)ONN(OC(C)C)C(=O)O.O=P(c1ccccc1)(c1ccccc1)c1ccccc1. The predicted octanol–water partition coefficient (Wildman–Crippen LogP) is 4.48. The molecule has 0 aliphatic heterocycles. The van der Waals surface area contributed by atoms with Crippen molar-refractivity contribution in [2.45, 2.75) is 39.9 Å². The third-order valence-corrected chi connectivity index (χ3v) is 7.30. The molecule has 0 aliphatic rings. The molecule has 8 heteroatoms. The number of nitrogens with one attached hydrogen (secondary N) is 1. The molecule has 33 heavy (non-hydrogen) atoms. The standard InChI is InChI=1S/C18H15OP.C7H16N2O4/c19-20(16-10-4-1-5-11-16,17-12-6-2-7-13-17)18-14-8-3-9-15-18;1-5(2)12-8-9(7(10)11)13-6(3)4/h1-15H;5-6,8H,1-4H3,(H,10,11). The molecule has 2 N–H and O–H groups in total. The average molecular weight is 471 g/mol. The molecule has 0 aliphatic carbocycles. The summed E-state index contributed by atoms with van der Waals surface area (Å²) in [6.07, 6.45) is -1.62. The Morgan fingerprint density at radius 1 is 0.758 bits per heavy atom. The van der Waals surface area contributed by atoms with E-state index in [1.807, 2.05) is 91.0 Å². The van der Waals surface area contributed by atoms with E-state index in [0.29, 0.717) is 5.17 Å². The van der Waals surface area contributed by atoms with Crippen molar-refractivity contribution in [3.05, 3.63) is 91.0 Å². The van der Waals surface area contributed by atoms with Gasteiger partial charge in [-0.3, -0.25) is 4.84 Å². The average Bonchev–Trinajstić information content (AvgIpc) is 2.83. The van der Waals surface area contributed by atoms with E-state index in [1.165, 1.54) is 0 Å². The molecule has 0 fully saturated rings. The van der Waals surface area contributed by atoms with Crippen LogP contribution in [0.5, 0.6) is 0 Å². The molecule has 0 spiro atoms. The molecule has 176 valence electrons. The first-order chi connectivity index (χ1) is 15.7. The van der Waals surface area contributed by atoms with E-state index in [4.69, 9.17) is 14.8 Å². The minimum Gasteiger partial charge on any atom is -0.462 e. The van der Waals surface area contributed by atoms with Gasteiger partial charge in [0.1, 0.15) is 0 Å². The highest BCUT2D eigenvalue weighted by atomic mass is 31.2. The molecule has 0 saturated heterocycles. The van der Waals surface area contributed by atoms with Crippen LogP contribution in [0.3, 0.4) is 0 Å². The van der Waals surface area contributed by atoms with Crippen molar-refractivity contribution in [1.29, 1.82) is 0 Å². The zero-order valence-electron chi connectivity index (χ0n) is 19.3. The van der Waals surface area contributed by atoms with E-state index >= 15 is 0 Å². The van der Waals surface area contributed by atoms with Crippen LogP contribution >= 0.6 is 7.14 Å². The number of carboxylic acid groups (broad SMARTS) is 1. The van der Waals surface area contributed by atoms with Gasteiger partial charge in [0, 0.05) is 15.9 Å². The Labute approximate surface area is 195 Å². The molecular weight excluding hydrogens is 439 g/mol. The summed E-state index contributed by atoms with van der Waals surface area (Å²) in [4.78, 5) is 20.2. The first-order valence-corrected chi connectivity index (χ1v) is 12.3. The molecule has 3 aromatic carbocycles. The number of benzene rings is 3. The summed E-state index contributed by atoms with van der Waals surface area (Å²) in [5.41, 5.74) is 2.16. The van der Waals surface area contributed by atoms with E-state index in [1.54, 1.807) is 27.7 Å². The van der Waals surface area contributed by atoms with E-state index in [-0.39, 0.29) is 12.2 Å². The van der Waals surface area contributed by atoms with Crippen LogP contribution in [0, 0.1) is 0 Å². The summed E-state index contributed by atoms with van der Waals surface area (Å²) in [6, 6.07) is 29.1. The molecule has 0 radical (unpaired) electrons. The quantitative estimate of drug-likeness (QED) is 0.373. The second-order valence-electron chi connectivity index (χ2n) is 7.60. The lowest BCUT2D eigenvalue weighted by Crippen LogP contribution is -2.44. The third-order valence-electron chi connectivity index (χ3n) is 4.22. The maximum atomic E-state index is 13.8. The number of amides is 1. The van der Waals surface area contributed by atoms with E-state index in [2.05, 4.69) is 5.59 Å². The topological polar surface area (TPSA) is 88.1 Å². The van der Waals surface area contributed by atoms with Gasteiger partial charge >= 0.3 is 6.09 Å². The summed E-state index contributed by atoms with van der Waals surface area (Å²) in [5, 5.41) is 11.7. The minimum absolute atomic E-state index is 0.127. The van der Waals surface area contributed by atoms with E-state index in [0.717, 1.165) is 15.9 Å². The van der Waals surface area contributed by atoms with Crippen LogP contribution in [-0.4, -0.2) is 28.6 Å². The van der Waals surface area contributed by atoms with Gasteiger partial charge < -0.3 is 9.67 Å². The third kappa shape index (κ3) is 7.84. The van der Waals surface area contributed by atoms with Crippen molar-refractivity contribution in [3.8, 4) is 0 Å². The van der Waals surface area contributed by atoms with Gasteiger partial charge in [-0.15, -0.1) is 0 Å². The summed E-state index contributed by atoms with van der Waals surface area (Å²) in [7, 11) is -2.78. The normalized spacial score (nSPS) is 11.1. The molecule has 3 rings (SSSR count). The highest BCUT2D eigenvalue weighted by Crippen LogP contribution is 2.41. The van der Waals surface area contributed by atoms with Crippen molar-refractivity contribution < 1.29 is 24.1 Å². The van der Waals surface area contributed by atoms with Crippen molar-refractivity contribution in [2.24, 2.45) is 0 Å². The fraction of sp³-hybridized carbons (Fsp3) is 0.240. The number of rotatable bonds is 8. The second kappa shape index (κ2) is 12.9. The summed E-state index contributed by atoms with van der Waals surface area (Å²) in [6.45, 7) is 6.96. The predicted molar refractivity (Wildman–Crippen MR) is 131 cm³/mol. The monoisotopic (exact) mass is 470 g/mol. The summed E-state index contributed by atoms with van der Waals surface area (Å²) < 4.78 is 13.8. The molecule has 0 bridgehead atoms. The molecule has 0 aromatic heterocycles. The molecule has 0 atom stereocenters.